The number of hydrogen-bond acceptors (Lipinski definition) is 0. The van der Waals surface area contributed by atoms with Crippen LogP contribution in [0.15, 0.2) is 60.7 Å². The zero-order valence-corrected chi connectivity index (χ0v) is 27.7. The average molecular weight is 828 g/mol. The largest absolute Gasteiger partial charge is 0 e. The molecule has 48 heavy (non-hydrogen) atoms. The molecule has 252 valence electrons. The van der Waals surface area contributed by atoms with Crippen molar-refractivity contribution in [3.8, 4) is 23.7 Å². The summed E-state index contributed by atoms with van der Waals surface area (Å²) < 4.78 is 90.0. The Kier molecular flexibility index (Phi) is 247. The Bertz CT molecular complexity index is 1040. The molecule has 1 aliphatic carbocycles. The second-order valence-electron chi connectivity index (χ2n) is 4.92. The Labute approximate surface area is 321 Å². The van der Waals surface area contributed by atoms with Gasteiger partial charge in [0.05, 0.1) is 11.8 Å². The van der Waals surface area contributed by atoms with Crippen molar-refractivity contribution >= 4 is 0 Å². The molecular formula is C32H16Co4O12. The maximum absolute atomic E-state index is 7.50. The van der Waals surface area contributed by atoms with Crippen molar-refractivity contribution in [3.05, 3.63) is 152 Å². The second kappa shape index (κ2) is 131. The monoisotopic (exact) mass is 828 g/mol. The van der Waals surface area contributed by atoms with Crippen LogP contribution in [0, 0.1) is 103 Å². The molecule has 2 aromatic rings. The van der Waals surface area contributed by atoms with Crippen LogP contribution in [0.25, 0.3) is 0 Å². The van der Waals surface area contributed by atoms with E-state index in [0.29, 0.717) is 0 Å². The summed E-state index contributed by atoms with van der Waals surface area (Å²) >= 11 is 0. The summed E-state index contributed by atoms with van der Waals surface area (Å²) in [5, 5.41) is 0. The van der Waals surface area contributed by atoms with E-state index < -0.39 is 0 Å². The molecule has 16 heteroatoms. The van der Waals surface area contributed by atoms with Crippen LogP contribution in [0.5, 0.6) is 0 Å². The quantitative estimate of drug-likeness (QED) is 0.238. The third-order valence-electron chi connectivity index (χ3n) is 3.54. The van der Waals surface area contributed by atoms with Gasteiger partial charge in [-0.25, -0.2) is 0 Å². The van der Waals surface area contributed by atoms with Crippen molar-refractivity contribution in [3.63, 3.8) is 0 Å². The number of rotatable bonds is 2. The maximum Gasteiger partial charge on any atom is 0 e. The van der Waals surface area contributed by atoms with Gasteiger partial charge in [0.15, 0.2) is 0 Å². The number of hydrogen-bond donors (Lipinski definition) is 0. The van der Waals surface area contributed by atoms with Crippen molar-refractivity contribution in [1.29, 1.82) is 0 Å². The van der Waals surface area contributed by atoms with Crippen LogP contribution in [0.4, 0.5) is 0 Å². The van der Waals surface area contributed by atoms with Gasteiger partial charge < -0.3 is 0 Å². The van der Waals surface area contributed by atoms with Gasteiger partial charge in [0.25, 0.3) is 0 Å². The molecule has 0 fully saturated rings. The van der Waals surface area contributed by atoms with Gasteiger partial charge in [-0.15, -0.1) is 11.8 Å². The van der Waals surface area contributed by atoms with E-state index in [1.54, 1.807) is 0 Å². The normalized spacial score (nSPS) is 9.08. The number of benzene rings is 2. The van der Waals surface area contributed by atoms with Crippen LogP contribution in [-0.4, -0.2) is 0 Å². The molecule has 2 atom stereocenters. The van der Waals surface area contributed by atoms with Gasteiger partial charge >= 0.3 is 136 Å². The predicted octanol–water partition coefficient (Wildman–Crippen LogP) is 3.89. The van der Waals surface area contributed by atoms with Gasteiger partial charge in [0.2, 0.25) is 0 Å². The SMILES string of the molecule is C1#C[C@@H](c2ccccc2)[C@H](c2ccccc2)C#CCC1.[C-]#[O+].[C-]#[O+].[C-]#[O+].[C-]#[O+].[C-]#[O+].[C-]#[O+].[C-]#[O+].[C-]#[O+].[C-]#[O+].[C-]#[O+].[C-]#[O+].[C-]#[O+].[Co].[Co].[Co].[Co]. The summed E-state index contributed by atoms with van der Waals surface area (Å²) in [6.07, 6.45) is 1.75. The van der Waals surface area contributed by atoms with Gasteiger partial charge in [-0.05, 0) is 11.1 Å². The van der Waals surface area contributed by atoms with Crippen molar-refractivity contribution in [2.45, 2.75) is 24.7 Å². The zero-order chi connectivity index (χ0) is 37.6. The molecule has 0 aliphatic heterocycles. The summed E-state index contributed by atoms with van der Waals surface area (Å²) in [6, 6.07) is 21.0. The van der Waals surface area contributed by atoms with Gasteiger partial charge in [-0.2, -0.15) is 0 Å². The molecule has 0 N–H and O–H groups in total. The van der Waals surface area contributed by atoms with Crippen molar-refractivity contribution < 1.29 is 123 Å². The molecule has 0 saturated heterocycles. The molecule has 0 amide bonds. The molecule has 4 radical (unpaired) electrons. The first-order chi connectivity index (χ1) is 21.9. The van der Waals surface area contributed by atoms with Gasteiger partial charge in [-0.1, -0.05) is 72.5 Å². The summed E-state index contributed by atoms with van der Waals surface area (Å²) in [4.78, 5) is 0. The Morgan fingerprint density at radius 2 is 0.500 bits per heavy atom. The second-order valence-corrected chi connectivity index (χ2v) is 4.92. The molecular weight excluding hydrogens is 812 g/mol. The summed E-state index contributed by atoms with van der Waals surface area (Å²) in [5.74, 6) is 13.8. The average Bonchev–Trinajstić information content (AvgIpc) is 3.19. The van der Waals surface area contributed by atoms with Gasteiger partial charge in [0.1, 0.15) is 0 Å². The van der Waals surface area contributed by atoms with E-state index in [1.807, 2.05) is 12.1 Å². The Balaban J connectivity index is -0.0000000297. The van der Waals surface area contributed by atoms with Crippen molar-refractivity contribution in [1.82, 2.24) is 0 Å². The predicted molar refractivity (Wildman–Crippen MR) is 130 cm³/mol. The standard InChI is InChI=1S/C20H16.12CO.4Co/c1-2-10-16-20(18-13-7-4-8-14-18)19(15-9-1)17-11-5-3-6-12-17;12*1-2;;;;/h3-8,11-14,19-20H,1-2H2;;;;;;;;;;;;;;;;/t19-,20-;;;;;;;;;;;;;;;;/m0................/s1. The first kappa shape index (κ1) is 90.5. The molecule has 0 bridgehead atoms. The topological polar surface area (TPSA) is 239 Å². The molecule has 0 saturated carbocycles. The molecule has 2 aromatic carbocycles. The summed E-state index contributed by atoms with van der Waals surface area (Å²) in [7, 11) is 0. The fraction of sp³-hybridized carbons (Fsp3) is 0.125. The minimum absolute atomic E-state index is 0. The molecule has 3 rings (SSSR count). The van der Waals surface area contributed by atoms with E-state index in [9.17, 15) is 0 Å². The van der Waals surface area contributed by atoms with Crippen LogP contribution < -0.4 is 0 Å². The molecule has 0 aromatic heterocycles. The molecule has 0 heterocycles. The first-order valence-electron chi connectivity index (χ1n) is 9.47. The van der Waals surface area contributed by atoms with Crippen molar-refractivity contribution in [2.24, 2.45) is 0 Å². The first-order valence-corrected chi connectivity index (χ1v) is 9.47. The van der Waals surface area contributed by atoms with Crippen molar-refractivity contribution in [2.75, 3.05) is 0 Å². The van der Waals surface area contributed by atoms with Crippen LogP contribution in [0.3, 0.4) is 0 Å². The zero-order valence-electron chi connectivity index (χ0n) is 23.6. The minimum Gasteiger partial charge on any atom is 0 e. The van der Waals surface area contributed by atoms with Crippen LogP contribution in [0.1, 0.15) is 35.8 Å². The fourth-order valence-corrected chi connectivity index (χ4v) is 2.53. The minimum atomic E-state index is 0. The van der Waals surface area contributed by atoms with Crippen LogP contribution in [0.2, 0.25) is 0 Å². The Morgan fingerprint density at radius 1 is 0.333 bits per heavy atom. The van der Waals surface area contributed by atoms with Crippen LogP contribution >= 0.6 is 0 Å². The van der Waals surface area contributed by atoms with Gasteiger partial charge in [-0.3, -0.25) is 0 Å². The summed E-state index contributed by atoms with van der Waals surface area (Å²) in [6.45, 7) is 54.0. The van der Waals surface area contributed by atoms with E-state index in [1.165, 1.54) is 11.1 Å². The Morgan fingerprint density at radius 3 is 0.667 bits per heavy atom. The van der Waals surface area contributed by atoms with E-state index in [-0.39, 0.29) is 79.0 Å². The molecule has 12 nitrogen and oxygen atoms in total. The van der Waals surface area contributed by atoms with E-state index in [4.69, 9.17) is 55.8 Å². The van der Waals surface area contributed by atoms with Gasteiger partial charge in [0, 0.05) is 80.0 Å². The maximum atomic E-state index is 7.50. The molecule has 1 aliphatic rings. The molecule has 0 spiro atoms. The van der Waals surface area contributed by atoms with E-state index in [2.05, 4.69) is 152 Å². The Hall–Kier alpha value is -3.53. The smallest absolute Gasteiger partial charge is 0 e. The fourth-order valence-electron chi connectivity index (χ4n) is 2.53. The van der Waals surface area contributed by atoms with E-state index in [0.717, 1.165) is 12.8 Å². The third kappa shape index (κ3) is 65.2. The van der Waals surface area contributed by atoms with E-state index >= 15 is 0 Å². The molecule has 0 unspecified atom stereocenters. The third-order valence-corrected chi connectivity index (χ3v) is 3.54. The van der Waals surface area contributed by atoms with Crippen LogP contribution in [-0.2, 0) is 123 Å². The summed E-state index contributed by atoms with van der Waals surface area (Å²) in [5.41, 5.74) is 2.51.